The predicted octanol–water partition coefficient (Wildman–Crippen LogP) is 7.03. The van der Waals surface area contributed by atoms with Crippen LogP contribution >= 0.6 is 23.2 Å². The first-order chi connectivity index (χ1) is 17.9. The fourth-order valence-electron chi connectivity index (χ4n) is 3.72. The Labute approximate surface area is 221 Å². The fourth-order valence-corrected chi connectivity index (χ4v) is 4.25. The zero-order valence-corrected chi connectivity index (χ0v) is 20.9. The van der Waals surface area contributed by atoms with Crippen molar-refractivity contribution in [3.63, 3.8) is 0 Å². The van der Waals surface area contributed by atoms with Crippen LogP contribution in [0.3, 0.4) is 0 Å². The summed E-state index contributed by atoms with van der Waals surface area (Å²) in [7, 11) is 0. The van der Waals surface area contributed by atoms with E-state index in [2.05, 4.69) is 10.3 Å². The third kappa shape index (κ3) is 5.35. The maximum absolute atomic E-state index is 13.0. The van der Waals surface area contributed by atoms with E-state index in [1.54, 1.807) is 73.9 Å². The van der Waals surface area contributed by atoms with Crippen molar-refractivity contribution in [2.75, 3.05) is 5.32 Å². The van der Waals surface area contributed by atoms with E-state index in [1.807, 2.05) is 0 Å². The van der Waals surface area contributed by atoms with Crippen LogP contribution < -0.4 is 5.32 Å². The van der Waals surface area contributed by atoms with E-state index in [-0.39, 0.29) is 12.0 Å². The van der Waals surface area contributed by atoms with Gasteiger partial charge < -0.3 is 18.9 Å². The predicted molar refractivity (Wildman–Crippen MR) is 140 cm³/mol. The van der Waals surface area contributed by atoms with Crippen molar-refractivity contribution in [3.05, 3.63) is 88.8 Å². The summed E-state index contributed by atoms with van der Waals surface area (Å²) in [4.78, 5) is 35.1. The SMILES string of the molecule is CCC(OC(=O)c1ccc2nc(-c3ccco3)c(-c3ccco3)nc2c1)C(=O)Nc1cc(Cl)cc(Cl)c1. The summed E-state index contributed by atoms with van der Waals surface area (Å²) >= 11 is 12.0. The molecule has 0 aliphatic carbocycles. The molecule has 37 heavy (non-hydrogen) atoms. The molecule has 2 aromatic carbocycles. The summed E-state index contributed by atoms with van der Waals surface area (Å²) in [5, 5.41) is 3.42. The van der Waals surface area contributed by atoms with Gasteiger partial charge in [-0.1, -0.05) is 30.1 Å². The second-order valence-electron chi connectivity index (χ2n) is 8.03. The van der Waals surface area contributed by atoms with Gasteiger partial charge in [0, 0.05) is 15.7 Å². The number of anilines is 1. The third-order valence-electron chi connectivity index (χ3n) is 5.45. The van der Waals surface area contributed by atoms with Crippen molar-refractivity contribution >= 4 is 51.8 Å². The number of carbonyl (C=O) groups is 2. The van der Waals surface area contributed by atoms with Gasteiger partial charge in [0.05, 0.1) is 29.1 Å². The lowest BCUT2D eigenvalue weighted by Gasteiger charge is -2.16. The number of aromatic nitrogens is 2. The molecule has 1 unspecified atom stereocenters. The van der Waals surface area contributed by atoms with Crippen LogP contribution in [-0.2, 0) is 9.53 Å². The number of hydrogen-bond acceptors (Lipinski definition) is 7. The zero-order chi connectivity index (χ0) is 25.9. The number of amides is 1. The van der Waals surface area contributed by atoms with Crippen LogP contribution in [0.4, 0.5) is 5.69 Å². The van der Waals surface area contributed by atoms with Crippen LogP contribution in [0.1, 0.15) is 23.7 Å². The molecule has 0 aliphatic heterocycles. The Balaban J connectivity index is 1.41. The molecule has 0 fully saturated rings. The molecule has 1 amide bonds. The van der Waals surface area contributed by atoms with Crippen LogP contribution in [-0.4, -0.2) is 27.9 Å². The summed E-state index contributed by atoms with van der Waals surface area (Å²) in [6, 6.07) is 16.5. The standard InChI is InChI=1S/C27H19Cl2N3O5/c1-2-21(26(33)30-18-13-16(28)12-17(29)14-18)37-27(34)15-7-8-19-20(11-15)32-25(23-6-4-10-36-23)24(31-19)22-5-3-9-35-22/h3-14,21H,2H2,1H3,(H,30,33). The highest BCUT2D eigenvalue weighted by molar-refractivity contribution is 6.35. The maximum atomic E-state index is 13.0. The number of nitrogens with zero attached hydrogens (tertiary/aromatic N) is 2. The highest BCUT2D eigenvalue weighted by Gasteiger charge is 2.23. The minimum atomic E-state index is -1.04. The molecule has 186 valence electrons. The van der Waals surface area contributed by atoms with Gasteiger partial charge in [0.15, 0.2) is 17.6 Å². The summed E-state index contributed by atoms with van der Waals surface area (Å²) in [5.41, 5.74) is 2.57. The Bertz CT molecular complexity index is 1560. The van der Waals surface area contributed by atoms with Crippen molar-refractivity contribution < 1.29 is 23.2 Å². The van der Waals surface area contributed by atoms with E-state index < -0.39 is 18.0 Å². The first-order valence-electron chi connectivity index (χ1n) is 11.3. The van der Waals surface area contributed by atoms with Crippen LogP contribution in [0.2, 0.25) is 10.0 Å². The fraction of sp³-hybridized carbons (Fsp3) is 0.111. The molecule has 0 saturated heterocycles. The Hall–Kier alpha value is -4.14. The van der Waals surface area contributed by atoms with Crippen LogP contribution in [0.5, 0.6) is 0 Å². The highest BCUT2D eigenvalue weighted by atomic mass is 35.5. The lowest BCUT2D eigenvalue weighted by molar-refractivity contribution is -0.124. The number of hydrogen-bond donors (Lipinski definition) is 1. The highest BCUT2D eigenvalue weighted by Crippen LogP contribution is 2.32. The van der Waals surface area contributed by atoms with Crippen molar-refractivity contribution in [1.82, 2.24) is 9.97 Å². The first kappa shape index (κ1) is 24.5. The molecule has 8 nitrogen and oxygen atoms in total. The Morgan fingerprint density at radius 2 is 1.51 bits per heavy atom. The van der Waals surface area contributed by atoms with Gasteiger partial charge in [-0.05, 0) is 67.1 Å². The topological polar surface area (TPSA) is 107 Å². The molecular formula is C27H19Cl2N3O5. The van der Waals surface area contributed by atoms with Gasteiger partial charge in [0.2, 0.25) is 0 Å². The quantitative estimate of drug-likeness (QED) is 0.223. The molecule has 0 saturated carbocycles. The largest absolute Gasteiger partial charge is 0.463 e. The average molecular weight is 536 g/mol. The molecule has 10 heteroatoms. The Kier molecular flexibility index (Phi) is 6.94. The monoisotopic (exact) mass is 535 g/mol. The number of furan rings is 2. The number of carbonyl (C=O) groups excluding carboxylic acids is 2. The normalized spacial score (nSPS) is 11.9. The molecule has 5 rings (SSSR count). The van der Waals surface area contributed by atoms with Crippen LogP contribution in [0.25, 0.3) is 33.9 Å². The maximum Gasteiger partial charge on any atom is 0.338 e. The summed E-state index contributed by atoms with van der Waals surface area (Å²) in [6.07, 6.45) is 2.31. The number of benzene rings is 2. The smallest absolute Gasteiger partial charge is 0.338 e. The molecule has 1 N–H and O–H groups in total. The zero-order valence-electron chi connectivity index (χ0n) is 19.4. The van der Waals surface area contributed by atoms with Crippen molar-refractivity contribution in [3.8, 4) is 22.9 Å². The molecule has 1 atom stereocenters. The van der Waals surface area contributed by atoms with Crippen molar-refractivity contribution in [2.24, 2.45) is 0 Å². The minimum Gasteiger partial charge on any atom is -0.463 e. The number of ether oxygens (including phenoxy) is 1. The number of rotatable bonds is 7. The lowest BCUT2D eigenvalue weighted by atomic mass is 10.1. The minimum absolute atomic E-state index is 0.218. The third-order valence-corrected chi connectivity index (χ3v) is 5.89. The average Bonchev–Trinajstić information content (AvgIpc) is 3.60. The van der Waals surface area contributed by atoms with Gasteiger partial charge in [-0.25, -0.2) is 14.8 Å². The number of halogens is 2. The van der Waals surface area contributed by atoms with E-state index in [0.29, 0.717) is 49.7 Å². The molecular weight excluding hydrogens is 517 g/mol. The molecule has 0 bridgehead atoms. The summed E-state index contributed by atoms with van der Waals surface area (Å²) in [5.74, 6) is -0.151. The van der Waals surface area contributed by atoms with Gasteiger partial charge in [-0.3, -0.25) is 4.79 Å². The van der Waals surface area contributed by atoms with E-state index in [4.69, 9.17) is 41.8 Å². The first-order valence-corrected chi connectivity index (χ1v) is 12.0. The summed E-state index contributed by atoms with van der Waals surface area (Å²) < 4.78 is 16.6. The van der Waals surface area contributed by atoms with Gasteiger partial charge in [-0.2, -0.15) is 0 Å². The molecule has 0 spiro atoms. The molecule has 0 radical (unpaired) electrons. The molecule has 0 aliphatic rings. The van der Waals surface area contributed by atoms with Gasteiger partial charge in [-0.15, -0.1) is 0 Å². The molecule has 5 aromatic rings. The Morgan fingerprint density at radius 3 is 2.08 bits per heavy atom. The van der Waals surface area contributed by atoms with E-state index in [9.17, 15) is 9.59 Å². The Morgan fingerprint density at radius 1 is 0.892 bits per heavy atom. The van der Waals surface area contributed by atoms with Gasteiger partial charge >= 0.3 is 5.97 Å². The van der Waals surface area contributed by atoms with E-state index >= 15 is 0 Å². The van der Waals surface area contributed by atoms with Crippen LogP contribution in [0.15, 0.2) is 82.0 Å². The van der Waals surface area contributed by atoms with Gasteiger partial charge in [0.1, 0.15) is 11.4 Å². The second-order valence-corrected chi connectivity index (χ2v) is 8.90. The number of fused-ring (bicyclic) bond motifs is 1. The van der Waals surface area contributed by atoms with E-state index in [0.717, 1.165) is 0 Å². The molecule has 3 aromatic heterocycles. The second kappa shape index (κ2) is 10.5. The van der Waals surface area contributed by atoms with Crippen molar-refractivity contribution in [2.45, 2.75) is 19.4 Å². The summed E-state index contributed by atoms with van der Waals surface area (Å²) in [6.45, 7) is 1.74. The molecule has 3 heterocycles. The lowest BCUT2D eigenvalue weighted by Crippen LogP contribution is -2.32. The van der Waals surface area contributed by atoms with E-state index in [1.165, 1.54) is 6.26 Å². The number of nitrogens with one attached hydrogen (secondary N) is 1. The van der Waals surface area contributed by atoms with Crippen molar-refractivity contribution in [1.29, 1.82) is 0 Å². The van der Waals surface area contributed by atoms with Gasteiger partial charge in [0.25, 0.3) is 5.91 Å². The van der Waals surface area contributed by atoms with Crippen LogP contribution in [0, 0.1) is 0 Å². The number of esters is 1.